The van der Waals surface area contributed by atoms with Crippen molar-refractivity contribution in [2.45, 2.75) is 11.6 Å². The van der Waals surface area contributed by atoms with E-state index in [0.29, 0.717) is 17.3 Å². The molecule has 0 unspecified atom stereocenters. The molecular formula is C21H19FN4O3S. The van der Waals surface area contributed by atoms with Crippen molar-refractivity contribution in [3.63, 3.8) is 0 Å². The first-order valence-electron chi connectivity index (χ1n) is 8.98. The Balaban J connectivity index is 1.48. The van der Waals surface area contributed by atoms with Gasteiger partial charge in [0, 0.05) is 12.1 Å². The molecule has 1 heterocycles. The minimum atomic E-state index is -0.616. The van der Waals surface area contributed by atoms with Crippen molar-refractivity contribution in [2.75, 3.05) is 18.2 Å². The number of halogens is 1. The van der Waals surface area contributed by atoms with Crippen LogP contribution >= 0.6 is 11.8 Å². The van der Waals surface area contributed by atoms with Gasteiger partial charge in [-0.1, -0.05) is 42.1 Å². The first kappa shape index (κ1) is 21.3. The lowest BCUT2D eigenvalue weighted by atomic mass is 10.2. The van der Waals surface area contributed by atoms with E-state index in [4.69, 9.17) is 4.74 Å². The minimum Gasteiger partial charge on any atom is -0.496 e. The molecule has 1 aromatic heterocycles. The van der Waals surface area contributed by atoms with Gasteiger partial charge in [-0.25, -0.2) is 4.39 Å². The van der Waals surface area contributed by atoms with Crippen LogP contribution in [0.3, 0.4) is 0 Å². The monoisotopic (exact) mass is 426 g/mol. The van der Waals surface area contributed by atoms with Gasteiger partial charge in [-0.3, -0.25) is 9.59 Å². The summed E-state index contributed by atoms with van der Waals surface area (Å²) in [5.41, 5.74) is 0.803. The third-order valence-corrected chi connectivity index (χ3v) is 4.94. The SMILES string of the molecule is COc1ccccc1CNC(=O)CSc1ccc(NC(=O)c2ccccc2F)nn1. The molecule has 0 aliphatic heterocycles. The standard InChI is InChI=1S/C21H19FN4O3S/c1-29-17-9-5-2-6-14(17)12-23-19(27)13-30-20-11-10-18(25-26-20)24-21(28)15-7-3-4-8-16(15)22/h2-11H,12-13H2,1H3,(H,23,27)(H,24,25,28). The van der Waals surface area contributed by atoms with Crippen LogP contribution in [0, 0.1) is 5.82 Å². The lowest BCUT2D eigenvalue weighted by molar-refractivity contribution is -0.118. The molecule has 2 amide bonds. The maximum atomic E-state index is 13.7. The summed E-state index contributed by atoms with van der Waals surface area (Å²) in [7, 11) is 1.58. The summed E-state index contributed by atoms with van der Waals surface area (Å²) < 4.78 is 18.9. The predicted octanol–water partition coefficient (Wildman–Crippen LogP) is 3.29. The van der Waals surface area contributed by atoms with Gasteiger partial charge in [0.05, 0.1) is 18.4 Å². The number of benzene rings is 2. The zero-order chi connectivity index (χ0) is 21.3. The molecule has 0 spiro atoms. The average Bonchev–Trinajstić information content (AvgIpc) is 2.77. The summed E-state index contributed by atoms with van der Waals surface area (Å²) in [5, 5.41) is 13.7. The summed E-state index contributed by atoms with van der Waals surface area (Å²) in [6.07, 6.45) is 0. The first-order chi connectivity index (χ1) is 14.6. The van der Waals surface area contributed by atoms with E-state index in [-0.39, 0.29) is 23.0 Å². The highest BCUT2D eigenvalue weighted by Gasteiger charge is 2.12. The normalized spacial score (nSPS) is 10.3. The average molecular weight is 426 g/mol. The Morgan fingerprint density at radius 3 is 2.53 bits per heavy atom. The van der Waals surface area contributed by atoms with Gasteiger partial charge in [0.25, 0.3) is 5.91 Å². The van der Waals surface area contributed by atoms with Crippen LogP contribution in [0.15, 0.2) is 65.7 Å². The second kappa shape index (κ2) is 10.4. The van der Waals surface area contributed by atoms with Crippen molar-refractivity contribution in [3.8, 4) is 5.75 Å². The van der Waals surface area contributed by atoms with Gasteiger partial charge in [0.15, 0.2) is 5.82 Å². The summed E-state index contributed by atoms with van der Waals surface area (Å²) in [6.45, 7) is 0.357. The highest BCUT2D eigenvalue weighted by molar-refractivity contribution is 7.99. The lowest BCUT2D eigenvalue weighted by Crippen LogP contribution is -2.24. The van der Waals surface area contributed by atoms with Crippen LogP contribution in [0.5, 0.6) is 5.75 Å². The molecule has 30 heavy (non-hydrogen) atoms. The van der Waals surface area contributed by atoms with E-state index in [9.17, 15) is 14.0 Å². The maximum Gasteiger partial charge on any atom is 0.259 e. The summed E-state index contributed by atoms with van der Waals surface area (Å²) >= 11 is 1.21. The zero-order valence-corrected chi connectivity index (χ0v) is 16.9. The largest absolute Gasteiger partial charge is 0.496 e. The number of ether oxygens (including phenoxy) is 1. The minimum absolute atomic E-state index is 0.0792. The van der Waals surface area contributed by atoms with Crippen LogP contribution in [0.25, 0.3) is 0 Å². The number of nitrogens with zero attached hydrogens (tertiary/aromatic N) is 2. The van der Waals surface area contributed by atoms with Gasteiger partial charge < -0.3 is 15.4 Å². The Bertz CT molecular complexity index is 1030. The fourth-order valence-corrected chi connectivity index (χ4v) is 3.17. The van der Waals surface area contributed by atoms with E-state index in [1.54, 1.807) is 25.3 Å². The van der Waals surface area contributed by atoms with Gasteiger partial charge in [0.1, 0.15) is 16.6 Å². The zero-order valence-electron chi connectivity index (χ0n) is 16.1. The molecule has 3 rings (SSSR count). The van der Waals surface area contributed by atoms with Crippen LogP contribution in [0.1, 0.15) is 15.9 Å². The number of nitrogens with one attached hydrogen (secondary N) is 2. The number of para-hydroxylation sites is 1. The molecule has 0 saturated heterocycles. The van der Waals surface area contributed by atoms with Crippen LogP contribution in [-0.2, 0) is 11.3 Å². The van der Waals surface area contributed by atoms with Crippen molar-refractivity contribution < 1.29 is 18.7 Å². The molecule has 0 aliphatic rings. The third-order valence-electron chi connectivity index (χ3n) is 4.02. The first-order valence-corrected chi connectivity index (χ1v) is 9.96. The van der Waals surface area contributed by atoms with Crippen LogP contribution in [0.4, 0.5) is 10.2 Å². The number of thioether (sulfide) groups is 1. The lowest BCUT2D eigenvalue weighted by Gasteiger charge is -2.09. The maximum absolute atomic E-state index is 13.7. The molecule has 2 N–H and O–H groups in total. The second-order valence-electron chi connectivity index (χ2n) is 6.07. The number of hydrogen-bond donors (Lipinski definition) is 2. The van der Waals surface area contributed by atoms with Gasteiger partial charge in [-0.15, -0.1) is 10.2 Å². The van der Waals surface area contributed by atoms with E-state index in [0.717, 1.165) is 5.56 Å². The number of methoxy groups -OCH3 is 1. The molecule has 0 aliphatic carbocycles. The molecule has 7 nitrogen and oxygen atoms in total. The summed E-state index contributed by atoms with van der Waals surface area (Å²) in [6, 6.07) is 16.3. The van der Waals surface area contributed by atoms with Gasteiger partial charge >= 0.3 is 0 Å². The molecule has 9 heteroatoms. The molecule has 0 atom stereocenters. The predicted molar refractivity (Wildman–Crippen MR) is 112 cm³/mol. The van der Waals surface area contributed by atoms with Gasteiger partial charge in [-0.05, 0) is 30.3 Å². The van der Waals surface area contributed by atoms with E-state index >= 15 is 0 Å². The molecule has 3 aromatic rings. The Morgan fingerprint density at radius 1 is 1.03 bits per heavy atom. The number of amides is 2. The second-order valence-corrected chi connectivity index (χ2v) is 7.06. The van der Waals surface area contributed by atoms with Crippen molar-refractivity contribution in [2.24, 2.45) is 0 Å². The molecule has 0 bridgehead atoms. The van der Waals surface area contributed by atoms with Crippen LogP contribution in [0.2, 0.25) is 0 Å². The smallest absolute Gasteiger partial charge is 0.259 e. The number of hydrogen-bond acceptors (Lipinski definition) is 6. The van der Waals surface area contributed by atoms with Gasteiger partial charge in [-0.2, -0.15) is 0 Å². The van der Waals surface area contributed by atoms with E-state index in [1.165, 1.54) is 30.0 Å². The summed E-state index contributed by atoms with van der Waals surface area (Å²) in [4.78, 5) is 24.2. The van der Waals surface area contributed by atoms with Gasteiger partial charge in [0.2, 0.25) is 5.91 Å². The van der Waals surface area contributed by atoms with Crippen molar-refractivity contribution in [1.29, 1.82) is 0 Å². The highest BCUT2D eigenvalue weighted by Crippen LogP contribution is 2.18. The number of carbonyl (C=O) groups excluding carboxylic acids is 2. The fraction of sp³-hybridized carbons (Fsp3) is 0.143. The van der Waals surface area contributed by atoms with E-state index in [2.05, 4.69) is 20.8 Å². The molecule has 2 aromatic carbocycles. The van der Waals surface area contributed by atoms with Crippen LogP contribution < -0.4 is 15.4 Å². The fourth-order valence-electron chi connectivity index (χ4n) is 2.53. The number of anilines is 1. The molecular weight excluding hydrogens is 407 g/mol. The number of rotatable bonds is 8. The Labute approximate surface area is 177 Å². The van der Waals surface area contributed by atoms with Crippen molar-refractivity contribution >= 4 is 29.4 Å². The molecule has 154 valence electrons. The Hall–Kier alpha value is -3.46. The summed E-state index contributed by atoms with van der Waals surface area (Å²) in [5.74, 6) is -0.333. The quantitative estimate of drug-likeness (QED) is 0.537. The van der Waals surface area contributed by atoms with Crippen LogP contribution in [-0.4, -0.2) is 34.9 Å². The number of carbonyl (C=O) groups is 2. The van der Waals surface area contributed by atoms with E-state index in [1.807, 2.05) is 24.3 Å². The van der Waals surface area contributed by atoms with Crippen molar-refractivity contribution in [3.05, 3.63) is 77.6 Å². The molecule has 0 radical (unpaired) electrons. The molecule has 0 fully saturated rings. The molecule has 0 saturated carbocycles. The highest BCUT2D eigenvalue weighted by atomic mass is 32.2. The Morgan fingerprint density at radius 2 is 1.80 bits per heavy atom. The topological polar surface area (TPSA) is 93.2 Å². The van der Waals surface area contributed by atoms with E-state index < -0.39 is 11.7 Å². The third kappa shape index (κ3) is 5.77. The number of aromatic nitrogens is 2. The van der Waals surface area contributed by atoms with Crippen molar-refractivity contribution in [1.82, 2.24) is 15.5 Å². The Kier molecular flexibility index (Phi) is 7.34.